The zero-order valence-electron chi connectivity index (χ0n) is 10.9. The first-order valence-electron chi connectivity index (χ1n) is 6.15. The van der Waals surface area contributed by atoms with Gasteiger partial charge in [0.05, 0.1) is 12.2 Å². The van der Waals surface area contributed by atoms with Crippen molar-refractivity contribution in [3.63, 3.8) is 0 Å². The molecule has 0 fully saturated rings. The lowest BCUT2D eigenvalue weighted by Gasteiger charge is -2.33. The molecular weight excluding hydrogens is 261 g/mol. The highest BCUT2D eigenvalue weighted by molar-refractivity contribution is 5.80. The maximum Gasteiger partial charge on any atom is 0.419 e. The van der Waals surface area contributed by atoms with Gasteiger partial charge in [0.2, 0.25) is 0 Å². The molecule has 0 spiro atoms. The van der Waals surface area contributed by atoms with Gasteiger partial charge in [0.25, 0.3) is 0 Å². The summed E-state index contributed by atoms with van der Waals surface area (Å²) < 4.78 is 37.8. The van der Waals surface area contributed by atoms with E-state index in [1.165, 1.54) is 10.2 Å². The number of hydrogen-bond acceptors (Lipinski definition) is 5. The number of alkyl halides is 3. The third-order valence-corrected chi connectivity index (χ3v) is 2.36. The molecule has 8 heteroatoms. The van der Waals surface area contributed by atoms with Crippen LogP contribution in [0.15, 0.2) is 16.8 Å². The number of allylic oxidation sites excluding steroid dienone is 1. The van der Waals surface area contributed by atoms with Gasteiger partial charge in [-0.25, -0.2) is 0 Å². The molecule has 0 saturated carbocycles. The van der Waals surface area contributed by atoms with E-state index in [9.17, 15) is 13.2 Å². The van der Waals surface area contributed by atoms with Gasteiger partial charge < -0.3 is 5.73 Å². The number of rotatable bonds is 7. The Balaban J connectivity index is 2.68. The Morgan fingerprint density at radius 1 is 1.53 bits per heavy atom. The quantitative estimate of drug-likeness (QED) is 0.569. The molecule has 0 unspecified atom stereocenters. The number of hydroxylamine groups is 1. The molecule has 1 aliphatic heterocycles. The minimum absolute atomic E-state index is 0.113. The Hall–Kier alpha value is -1.12. The van der Waals surface area contributed by atoms with Crippen molar-refractivity contribution in [2.24, 2.45) is 10.7 Å². The van der Waals surface area contributed by atoms with Gasteiger partial charge in [-0.15, -0.1) is 0 Å². The van der Waals surface area contributed by atoms with E-state index >= 15 is 0 Å². The van der Waals surface area contributed by atoms with Gasteiger partial charge in [0, 0.05) is 19.0 Å². The molecule has 0 aromatic heterocycles. The van der Waals surface area contributed by atoms with E-state index < -0.39 is 11.7 Å². The summed E-state index contributed by atoms with van der Waals surface area (Å²) in [6, 6.07) is 0. The number of nitrogens with zero attached hydrogens (tertiary/aromatic N) is 3. The van der Waals surface area contributed by atoms with Gasteiger partial charge in [-0.3, -0.25) is 14.8 Å². The van der Waals surface area contributed by atoms with Gasteiger partial charge in [0.15, 0.2) is 0 Å². The fourth-order valence-corrected chi connectivity index (χ4v) is 1.45. The molecule has 0 saturated heterocycles. The van der Waals surface area contributed by atoms with Crippen LogP contribution in [-0.4, -0.2) is 48.9 Å². The van der Waals surface area contributed by atoms with Crippen LogP contribution in [-0.2, 0) is 4.84 Å². The highest BCUT2D eigenvalue weighted by Crippen LogP contribution is 2.26. The normalized spacial score (nSPS) is 16.1. The topological polar surface area (TPSA) is 54.1 Å². The van der Waals surface area contributed by atoms with Crippen LogP contribution in [0, 0.1) is 0 Å². The molecule has 2 N–H and O–H groups in total. The smallest absolute Gasteiger partial charge is 0.330 e. The van der Waals surface area contributed by atoms with Gasteiger partial charge in [-0.2, -0.15) is 13.2 Å². The number of nitrogens with two attached hydrogens (primary N) is 1. The van der Waals surface area contributed by atoms with Crippen LogP contribution in [0.3, 0.4) is 0 Å². The van der Waals surface area contributed by atoms with E-state index in [-0.39, 0.29) is 6.67 Å². The lowest BCUT2D eigenvalue weighted by molar-refractivity contribution is -0.267. The monoisotopic (exact) mass is 280 g/mol. The van der Waals surface area contributed by atoms with Crippen molar-refractivity contribution >= 4 is 6.21 Å². The summed E-state index contributed by atoms with van der Waals surface area (Å²) in [7, 11) is 0. The number of aliphatic imine (C=N–C) groups is 1. The molecule has 1 rings (SSSR count). The van der Waals surface area contributed by atoms with E-state index in [0.717, 1.165) is 18.8 Å². The average Bonchev–Trinajstić information content (AvgIpc) is 2.37. The van der Waals surface area contributed by atoms with Crippen molar-refractivity contribution in [1.82, 2.24) is 10.2 Å². The second-order valence-corrected chi connectivity index (χ2v) is 4.03. The molecule has 0 radical (unpaired) electrons. The summed E-state index contributed by atoms with van der Waals surface area (Å²) >= 11 is 0. The molecule has 0 aliphatic carbocycles. The molecular formula is C11H19F3N4O. The molecule has 1 aliphatic rings. The molecule has 1 heterocycles. The van der Waals surface area contributed by atoms with Gasteiger partial charge in [0.1, 0.15) is 6.67 Å². The summed E-state index contributed by atoms with van der Waals surface area (Å²) in [6.45, 7) is 3.36. The van der Waals surface area contributed by atoms with Crippen LogP contribution in [0.4, 0.5) is 13.2 Å². The van der Waals surface area contributed by atoms with Crippen LogP contribution in [0.5, 0.6) is 0 Å². The first kappa shape index (κ1) is 15.9. The van der Waals surface area contributed by atoms with Crippen LogP contribution in [0.2, 0.25) is 0 Å². The van der Waals surface area contributed by atoms with Crippen molar-refractivity contribution < 1.29 is 18.0 Å². The Labute approximate surface area is 110 Å². The summed E-state index contributed by atoms with van der Waals surface area (Å²) in [4.78, 5) is 9.12. The van der Waals surface area contributed by atoms with E-state index in [1.807, 2.05) is 6.92 Å². The highest BCUT2D eigenvalue weighted by Gasteiger charge is 2.35. The molecule has 0 atom stereocenters. The second kappa shape index (κ2) is 7.46. The molecule has 110 valence electrons. The lowest BCUT2D eigenvalue weighted by atomic mass is 10.3. The third kappa shape index (κ3) is 5.17. The summed E-state index contributed by atoms with van der Waals surface area (Å²) in [6.07, 6.45) is -1.17. The fraction of sp³-hybridized carbons (Fsp3) is 0.727. The standard InChI is InChI=1S/C11H19F3N4O/c1-2-5-18(19-6-3-4-15)17-8-10(7-16-9-17)11(12,13)14/h7-8H,2-6,9,15H2,1H3. The predicted molar refractivity (Wildman–Crippen MR) is 66.0 cm³/mol. The Bertz CT molecular complexity index is 330. The molecule has 0 aromatic rings. The fourth-order valence-electron chi connectivity index (χ4n) is 1.45. The molecule has 5 nitrogen and oxygen atoms in total. The molecule has 0 bridgehead atoms. The van der Waals surface area contributed by atoms with Crippen LogP contribution in [0.25, 0.3) is 0 Å². The molecule has 0 amide bonds. The van der Waals surface area contributed by atoms with Gasteiger partial charge >= 0.3 is 6.18 Å². The van der Waals surface area contributed by atoms with E-state index in [1.54, 1.807) is 0 Å². The Morgan fingerprint density at radius 3 is 2.84 bits per heavy atom. The maximum absolute atomic E-state index is 12.6. The maximum atomic E-state index is 12.6. The zero-order chi connectivity index (χ0) is 14.3. The number of hydrazine groups is 1. The number of hydrogen-bond donors (Lipinski definition) is 1. The minimum atomic E-state index is -4.41. The van der Waals surface area contributed by atoms with E-state index in [0.29, 0.717) is 26.1 Å². The van der Waals surface area contributed by atoms with Gasteiger partial charge in [-0.05, 0) is 19.4 Å². The Kier molecular flexibility index (Phi) is 6.26. The molecule has 19 heavy (non-hydrogen) atoms. The Morgan fingerprint density at radius 2 is 2.26 bits per heavy atom. The van der Waals surface area contributed by atoms with Crippen LogP contribution >= 0.6 is 0 Å². The van der Waals surface area contributed by atoms with Crippen molar-refractivity contribution in [3.8, 4) is 0 Å². The average molecular weight is 280 g/mol. The largest absolute Gasteiger partial charge is 0.419 e. The van der Waals surface area contributed by atoms with Crippen molar-refractivity contribution in [3.05, 3.63) is 11.8 Å². The predicted octanol–water partition coefficient (Wildman–Crippen LogP) is 1.68. The summed E-state index contributed by atoms with van der Waals surface area (Å²) in [5.74, 6) is 0. The summed E-state index contributed by atoms with van der Waals surface area (Å²) in [5.41, 5.74) is 4.56. The molecule has 0 aromatic carbocycles. The second-order valence-electron chi connectivity index (χ2n) is 4.03. The van der Waals surface area contributed by atoms with E-state index in [2.05, 4.69) is 4.99 Å². The third-order valence-electron chi connectivity index (χ3n) is 2.36. The number of halogens is 3. The first-order valence-corrected chi connectivity index (χ1v) is 6.15. The van der Waals surface area contributed by atoms with E-state index in [4.69, 9.17) is 10.6 Å². The summed E-state index contributed by atoms with van der Waals surface area (Å²) in [5, 5.41) is 2.72. The minimum Gasteiger partial charge on any atom is -0.330 e. The lowest BCUT2D eigenvalue weighted by Crippen LogP contribution is -2.42. The van der Waals surface area contributed by atoms with Gasteiger partial charge in [-0.1, -0.05) is 12.1 Å². The van der Waals surface area contributed by atoms with Crippen LogP contribution < -0.4 is 5.73 Å². The van der Waals surface area contributed by atoms with Crippen molar-refractivity contribution in [2.75, 3.05) is 26.4 Å². The zero-order valence-corrected chi connectivity index (χ0v) is 10.9. The SMILES string of the molecule is CCCN(OCCCN)N1C=C(C(F)(F)F)C=NC1. The van der Waals surface area contributed by atoms with Crippen molar-refractivity contribution in [2.45, 2.75) is 25.9 Å². The van der Waals surface area contributed by atoms with Crippen LogP contribution in [0.1, 0.15) is 19.8 Å². The van der Waals surface area contributed by atoms with Crippen molar-refractivity contribution in [1.29, 1.82) is 0 Å². The first-order chi connectivity index (χ1) is 8.99. The highest BCUT2D eigenvalue weighted by atomic mass is 19.4.